The van der Waals surface area contributed by atoms with Gasteiger partial charge in [-0.1, -0.05) is 5.16 Å². The van der Waals surface area contributed by atoms with E-state index in [1.807, 2.05) is 12.3 Å². The number of anilines is 1. The Bertz CT molecular complexity index is 496. The van der Waals surface area contributed by atoms with Crippen molar-refractivity contribution in [3.05, 3.63) is 24.3 Å². The predicted molar refractivity (Wildman–Crippen MR) is 69.9 cm³/mol. The molecular weight excluding hydrogens is 240 g/mol. The van der Waals surface area contributed by atoms with Crippen LogP contribution in [0.2, 0.25) is 0 Å². The van der Waals surface area contributed by atoms with Crippen LogP contribution in [0.15, 0.2) is 38.6 Å². The summed E-state index contributed by atoms with van der Waals surface area (Å²) in [6.07, 6.45) is 4.11. The number of nitrogens with zero attached hydrogens (tertiary/aromatic N) is 1. The smallest absolute Gasteiger partial charge is 0.170 e. The number of hydrogen-bond acceptors (Lipinski definition) is 5. The molecular formula is C11H12N2OS2. The number of benzene rings is 1. The molecule has 0 amide bonds. The van der Waals surface area contributed by atoms with E-state index in [2.05, 4.69) is 23.5 Å². The van der Waals surface area contributed by atoms with E-state index in [9.17, 15) is 0 Å². The van der Waals surface area contributed by atoms with Crippen molar-refractivity contribution < 1.29 is 4.52 Å². The van der Waals surface area contributed by atoms with E-state index in [1.165, 1.54) is 9.79 Å². The molecule has 1 aromatic heterocycles. The largest absolute Gasteiger partial charge is 0.381 e. The molecule has 0 saturated heterocycles. The maximum atomic E-state index is 5.55. The fourth-order valence-electron chi connectivity index (χ4n) is 1.42. The van der Waals surface area contributed by atoms with Gasteiger partial charge in [0.25, 0.3) is 0 Å². The normalized spacial score (nSPS) is 10.6. The van der Waals surface area contributed by atoms with E-state index in [0.717, 1.165) is 11.3 Å². The second-order valence-electron chi connectivity index (χ2n) is 3.18. The lowest BCUT2D eigenvalue weighted by molar-refractivity contribution is 0.435. The molecule has 2 rings (SSSR count). The van der Waals surface area contributed by atoms with E-state index in [1.54, 1.807) is 29.6 Å². The van der Waals surface area contributed by atoms with E-state index >= 15 is 0 Å². The van der Waals surface area contributed by atoms with Crippen molar-refractivity contribution in [1.29, 1.82) is 0 Å². The summed E-state index contributed by atoms with van der Waals surface area (Å²) in [6.45, 7) is 0. The Kier molecular flexibility index (Phi) is 3.46. The van der Waals surface area contributed by atoms with Crippen molar-refractivity contribution in [2.45, 2.75) is 9.79 Å². The minimum atomic E-state index is 0.413. The van der Waals surface area contributed by atoms with Gasteiger partial charge >= 0.3 is 0 Å². The average Bonchev–Trinajstić information content (AvgIpc) is 2.74. The molecule has 5 heteroatoms. The van der Waals surface area contributed by atoms with E-state index in [-0.39, 0.29) is 0 Å². The lowest BCUT2D eigenvalue weighted by Gasteiger charge is -2.05. The van der Waals surface area contributed by atoms with Gasteiger partial charge in [0.15, 0.2) is 11.6 Å². The van der Waals surface area contributed by atoms with Crippen LogP contribution < -0.4 is 5.73 Å². The Hall–Kier alpha value is -1.07. The van der Waals surface area contributed by atoms with Crippen LogP contribution in [0.1, 0.15) is 0 Å². The summed E-state index contributed by atoms with van der Waals surface area (Å²) < 4.78 is 5.17. The second-order valence-corrected chi connectivity index (χ2v) is 4.91. The molecule has 0 saturated carbocycles. The third kappa shape index (κ3) is 2.20. The molecule has 0 aliphatic carbocycles. The Morgan fingerprint density at radius 1 is 1.19 bits per heavy atom. The van der Waals surface area contributed by atoms with E-state index in [4.69, 9.17) is 10.3 Å². The van der Waals surface area contributed by atoms with E-state index < -0.39 is 0 Å². The van der Waals surface area contributed by atoms with Crippen LogP contribution in [0.5, 0.6) is 0 Å². The van der Waals surface area contributed by atoms with Gasteiger partial charge in [-0.05, 0) is 30.7 Å². The molecule has 0 atom stereocenters. The van der Waals surface area contributed by atoms with Crippen LogP contribution in [0.25, 0.3) is 11.3 Å². The topological polar surface area (TPSA) is 52.0 Å². The van der Waals surface area contributed by atoms with Gasteiger partial charge in [0.2, 0.25) is 0 Å². The molecule has 0 unspecified atom stereocenters. The van der Waals surface area contributed by atoms with Gasteiger partial charge < -0.3 is 10.3 Å². The van der Waals surface area contributed by atoms with Gasteiger partial charge in [0, 0.05) is 21.4 Å². The molecule has 0 aliphatic rings. The van der Waals surface area contributed by atoms with Gasteiger partial charge in [-0.25, -0.2) is 0 Å². The summed E-state index contributed by atoms with van der Waals surface area (Å²) >= 11 is 3.41. The van der Waals surface area contributed by atoms with Gasteiger partial charge in [-0.3, -0.25) is 0 Å². The zero-order chi connectivity index (χ0) is 11.5. The molecule has 84 valence electrons. The predicted octanol–water partition coefficient (Wildman–Crippen LogP) is 3.37. The highest BCUT2D eigenvalue weighted by molar-refractivity contribution is 7.99. The second kappa shape index (κ2) is 4.84. The number of rotatable bonds is 3. The fourth-order valence-corrected chi connectivity index (χ4v) is 2.57. The number of nitrogens with two attached hydrogens (primary N) is 1. The number of thioether (sulfide) groups is 2. The van der Waals surface area contributed by atoms with Gasteiger partial charge in [-0.15, -0.1) is 23.5 Å². The number of nitrogen functional groups attached to an aromatic ring is 1. The maximum Gasteiger partial charge on any atom is 0.170 e. The third-order valence-electron chi connectivity index (χ3n) is 2.20. The maximum absolute atomic E-state index is 5.55. The highest BCUT2D eigenvalue weighted by atomic mass is 32.2. The molecule has 0 fully saturated rings. The first-order chi connectivity index (χ1) is 7.74. The fraction of sp³-hybridized carbons (Fsp3) is 0.182. The lowest BCUT2D eigenvalue weighted by Crippen LogP contribution is -1.82. The minimum Gasteiger partial charge on any atom is -0.381 e. The van der Waals surface area contributed by atoms with Crippen molar-refractivity contribution in [2.24, 2.45) is 0 Å². The molecule has 0 aliphatic heterocycles. The highest BCUT2D eigenvalue weighted by Crippen LogP contribution is 2.33. The van der Waals surface area contributed by atoms with Gasteiger partial charge in [-0.2, -0.15) is 0 Å². The van der Waals surface area contributed by atoms with E-state index in [0.29, 0.717) is 5.82 Å². The molecule has 0 spiro atoms. The zero-order valence-corrected chi connectivity index (χ0v) is 10.7. The molecule has 1 aromatic carbocycles. The molecule has 1 heterocycles. The highest BCUT2D eigenvalue weighted by Gasteiger charge is 2.10. The Morgan fingerprint density at radius 3 is 2.56 bits per heavy atom. The minimum absolute atomic E-state index is 0.413. The van der Waals surface area contributed by atoms with Crippen LogP contribution in [0.3, 0.4) is 0 Å². The van der Waals surface area contributed by atoms with Gasteiger partial charge in [0.05, 0.1) is 0 Å². The number of hydrogen-bond donors (Lipinski definition) is 1. The standard InChI is InChI=1S/C11H12N2OS2/c1-15-7-3-4-8(10(5-7)16-2)9-6-11(12)13-14-9/h3-6H,1-2H3,(H2,12,13). The van der Waals surface area contributed by atoms with Crippen molar-refractivity contribution in [1.82, 2.24) is 5.16 Å². The van der Waals surface area contributed by atoms with Crippen molar-refractivity contribution >= 4 is 29.3 Å². The zero-order valence-electron chi connectivity index (χ0n) is 9.06. The SMILES string of the molecule is CSc1ccc(-c2cc(N)no2)c(SC)c1. The molecule has 2 N–H and O–H groups in total. The van der Waals surface area contributed by atoms with Crippen molar-refractivity contribution in [3.8, 4) is 11.3 Å². The lowest BCUT2D eigenvalue weighted by atomic mass is 10.2. The Morgan fingerprint density at radius 2 is 2.00 bits per heavy atom. The first-order valence-electron chi connectivity index (χ1n) is 4.69. The first-order valence-corrected chi connectivity index (χ1v) is 7.14. The summed E-state index contributed by atoms with van der Waals surface area (Å²) in [5.74, 6) is 1.13. The summed E-state index contributed by atoms with van der Waals surface area (Å²) in [5.41, 5.74) is 6.58. The summed E-state index contributed by atoms with van der Waals surface area (Å²) in [6, 6.07) is 7.99. The van der Waals surface area contributed by atoms with Crippen LogP contribution in [0, 0.1) is 0 Å². The Balaban J connectivity index is 2.48. The van der Waals surface area contributed by atoms with Crippen LogP contribution >= 0.6 is 23.5 Å². The quantitative estimate of drug-likeness (QED) is 0.849. The average molecular weight is 252 g/mol. The molecule has 2 aromatic rings. The number of aromatic nitrogens is 1. The van der Waals surface area contributed by atoms with Gasteiger partial charge in [0.1, 0.15) is 0 Å². The van der Waals surface area contributed by atoms with Crippen LogP contribution in [-0.4, -0.2) is 17.7 Å². The molecule has 3 nitrogen and oxygen atoms in total. The summed E-state index contributed by atoms with van der Waals surface area (Å²) in [5, 5.41) is 3.70. The first kappa shape index (κ1) is 11.4. The molecule has 16 heavy (non-hydrogen) atoms. The summed E-state index contributed by atoms with van der Waals surface area (Å²) in [7, 11) is 0. The monoisotopic (exact) mass is 252 g/mol. The molecule has 0 bridgehead atoms. The van der Waals surface area contributed by atoms with Crippen LogP contribution in [0.4, 0.5) is 5.82 Å². The van der Waals surface area contributed by atoms with Crippen molar-refractivity contribution in [3.63, 3.8) is 0 Å². The molecule has 0 radical (unpaired) electrons. The Labute approximate surface area is 103 Å². The van der Waals surface area contributed by atoms with Crippen molar-refractivity contribution in [2.75, 3.05) is 18.2 Å². The summed E-state index contributed by atoms with van der Waals surface area (Å²) in [4.78, 5) is 2.41. The third-order valence-corrected chi connectivity index (χ3v) is 3.71. The van der Waals surface area contributed by atoms with Crippen LogP contribution in [-0.2, 0) is 0 Å².